The van der Waals surface area contributed by atoms with E-state index in [1.165, 1.54) is 22.2 Å². The molecule has 3 aliphatic rings. The molecule has 2 saturated heterocycles. The van der Waals surface area contributed by atoms with Crippen molar-refractivity contribution in [2.75, 3.05) is 32.1 Å². The van der Waals surface area contributed by atoms with Gasteiger partial charge < -0.3 is 19.4 Å². The minimum absolute atomic E-state index is 0.0354. The molecule has 2 aliphatic heterocycles. The number of thiophene rings is 1. The van der Waals surface area contributed by atoms with Gasteiger partial charge in [-0.15, -0.1) is 23.1 Å². The van der Waals surface area contributed by atoms with Crippen LogP contribution in [0.4, 0.5) is 0 Å². The van der Waals surface area contributed by atoms with Gasteiger partial charge in [-0.1, -0.05) is 0 Å². The van der Waals surface area contributed by atoms with Crippen LogP contribution >= 0.6 is 23.1 Å². The summed E-state index contributed by atoms with van der Waals surface area (Å²) >= 11 is 3.16. The summed E-state index contributed by atoms with van der Waals surface area (Å²) in [5.74, 6) is 1.98. The number of ether oxygens (including phenoxy) is 2. The number of amides is 1. The molecule has 7 nitrogen and oxygen atoms in total. The molecule has 0 aromatic carbocycles. The fraction of sp³-hybridized carbons (Fsp3) is 0.650. The van der Waals surface area contributed by atoms with Crippen LogP contribution in [0, 0.1) is 5.92 Å². The number of piperidine rings is 1. The van der Waals surface area contributed by atoms with Gasteiger partial charge in [-0.25, -0.2) is 4.98 Å². The van der Waals surface area contributed by atoms with Gasteiger partial charge in [-0.3, -0.25) is 9.59 Å². The molecule has 0 radical (unpaired) electrons. The molecule has 4 heterocycles. The Bertz CT molecular complexity index is 967. The number of aryl methyl sites for hydroxylation is 2. The van der Waals surface area contributed by atoms with Crippen LogP contribution in [0.1, 0.15) is 35.5 Å². The van der Waals surface area contributed by atoms with E-state index in [1.807, 2.05) is 4.90 Å². The summed E-state index contributed by atoms with van der Waals surface area (Å²) in [6, 6.07) is 0. The first-order valence-electron chi connectivity index (χ1n) is 10.3. The van der Waals surface area contributed by atoms with Gasteiger partial charge in [0.25, 0.3) is 5.56 Å². The number of H-pyrrole nitrogens is 1. The molecule has 2 aromatic rings. The molecule has 2 aromatic heterocycles. The predicted molar refractivity (Wildman–Crippen MR) is 113 cm³/mol. The maximum atomic E-state index is 12.7. The number of carbonyl (C=O) groups excluding carboxylic acids is 1. The standard InChI is InChI=1S/C20H25N3O4S2/c24-16(23-6-2-3-12(9-23)20-26-7-8-27-20)11-28-10-15-21-18(25)17-13-4-1-5-14(13)29-19(17)22-15/h12,20H,1-11H2,(H,21,22,25). The van der Waals surface area contributed by atoms with E-state index < -0.39 is 0 Å². The summed E-state index contributed by atoms with van der Waals surface area (Å²) in [5.41, 5.74) is 1.16. The van der Waals surface area contributed by atoms with Crippen LogP contribution in [0.5, 0.6) is 0 Å². The van der Waals surface area contributed by atoms with E-state index in [0.717, 1.165) is 48.9 Å². The van der Waals surface area contributed by atoms with E-state index >= 15 is 0 Å². The Morgan fingerprint density at radius 2 is 2.14 bits per heavy atom. The van der Waals surface area contributed by atoms with Crippen molar-refractivity contribution in [3.63, 3.8) is 0 Å². The molecule has 1 amide bonds. The molecule has 1 N–H and O–H groups in total. The van der Waals surface area contributed by atoms with E-state index in [9.17, 15) is 9.59 Å². The summed E-state index contributed by atoms with van der Waals surface area (Å²) in [7, 11) is 0. The summed E-state index contributed by atoms with van der Waals surface area (Å²) in [5, 5.41) is 0.781. The largest absolute Gasteiger partial charge is 0.350 e. The molecule has 2 fully saturated rings. The molecule has 1 unspecified atom stereocenters. The molecule has 0 spiro atoms. The zero-order valence-electron chi connectivity index (χ0n) is 16.3. The highest BCUT2D eigenvalue weighted by molar-refractivity contribution is 7.99. The Balaban J connectivity index is 1.18. The second-order valence-electron chi connectivity index (χ2n) is 7.89. The van der Waals surface area contributed by atoms with Crippen LogP contribution < -0.4 is 5.56 Å². The Morgan fingerprint density at radius 1 is 1.28 bits per heavy atom. The van der Waals surface area contributed by atoms with E-state index in [0.29, 0.717) is 37.1 Å². The first-order chi connectivity index (χ1) is 14.2. The number of rotatable bonds is 5. The third-order valence-corrected chi connectivity index (χ3v) is 8.05. The average molecular weight is 436 g/mol. The number of fused-ring (bicyclic) bond motifs is 3. The third-order valence-electron chi connectivity index (χ3n) is 5.93. The Hall–Kier alpha value is -1.42. The second-order valence-corrected chi connectivity index (χ2v) is 9.96. The maximum absolute atomic E-state index is 12.7. The minimum Gasteiger partial charge on any atom is -0.350 e. The highest BCUT2D eigenvalue weighted by Gasteiger charge is 2.32. The molecule has 29 heavy (non-hydrogen) atoms. The number of nitrogens with one attached hydrogen (secondary N) is 1. The summed E-state index contributed by atoms with van der Waals surface area (Å²) in [4.78, 5) is 36.8. The summed E-state index contributed by atoms with van der Waals surface area (Å²) in [6.45, 7) is 2.79. The number of aromatic amines is 1. The van der Waals surface area contributed by atoms with Crippen molar-refractivity contribution < 1.29 is 14.3 Å². The average Bonchev–Trinajstić information content (AvgIpc) is 3.45. The number of aromatic nitrogens is 2. The first kappa shape index (κ1) is 19.5. The Labute approximate surface area is 177 Å². The van der Waals surface area contributed by atoms with Gasteiger partial charge in [-0.05, 0) is 37.7 Å². The zero-order chi connectivity index (χ0) is 19.8. The van der Waals surface area contributed by atoms with Gasteiger partial charge >= 0.3 is 0 Å². The van der Waals surface area contributed by atoms with Crippen LogP contribution in [0.3, 0.4) is 0 Å². The maximum Gasteiger partial charge on any atom is 0.259 e. The minimum atomic E-state index is -0.160. The highest BCUT2D eigenvalue weighted by atomic mass is 32.2. The quantitative estimate of drug-likeness (QED) is 0.776. The van der Waals surface area contributed by atoms with Crippen molar-refractivity contribution in [1.29, 1.82) is 0 Å². The summed E-state index contributed by atoms with van der Waals surface area (Å²) in [6.07, 6.45) is 5.04. The van der Waals surface area contributed by atoms with E-state index in [-0.39, 0.29) is 23.7 Å². The van der Waals surface area contributed by atoms with E-state index in [2.05, 4.69) is 9.97 Å². The Morgan fingerprint density at radius 3 is 3.00 bits per heavy atom. The number of carbonyl (C=O) groups is 1. The molecular weight excluding hydrogens is 410 g/mol. The van der Waals surface area contributed by atoms with Crippen molar-refractivity contribution >= 4 is 39.2 Å². The van der Waals surface area contributed by atoms with Gasteiger partial charge in [0.1, 0.15) is 10.7 Å². The zero-order valence-corrected chi connectivity index (χ0v) is 17.9. The molecule has 9 heteroatoms. The SMILES string of the molecule is O=C(CSCc1nc2sc3c(c2c(=O)[nH]1)CCC3)N1CCCC(C2OCCO2)C1. The Kier molecular flexibility index (Phi) is 5.64. The topological polar surface area (TPSA) is 84.5 Å². The van der Waals surface area contributed by atoms with Crippen LogP contribution in [0.15, 0.2) is 4.79 Å². The predicted octanol–water partition coefficient (Wildman–Crippen LogP) is 2.32. The molecule has 0 bridgehead atoms. The lowest BCUT2D eigenvalue weighted by Gasteiger charge is -2.34. The summed E-state index contributed by atoms with van der Waals surface area (Å²) < 4.78 is 11.2. The monoisotopic (exact) mass is 435 g/mol. The number of hydrogen-bond donors (Lipinski definition) is 1. The van der Waals surface area contributed by atoms with Crippen LogP contribution in [0.2, 0.25) is 0 Å². The van der Waals surface area contributed by atoms with E-state index in [4.69, 9.17) is 9.47 Å². The van der Waals surface area contributed by atoms with Gasteiger partial charge in [0.2, 0.25) is 5.91 Å². The van der Waals surface area contributed by atoms with Crippen molar-refractivity contribution in [3.8, 4) is 0 Å². The number of hydrogen-bond acceptors (Lipinski definition) is 7. The second kappa shape index (κ2) is 8.37. The molecule has 0 saturated carbocycles. The van der Waals surface area contributed by atoms with Gasteiger partial charge in [0.05, 0.1) is 30.1 Å². The van der Waals surface area contributed by atoms with Gasteiger partial charge in [0, 0.05) is 23.9 Å². The molecule has 1 atom stereocenters. The number of nitrogens with zero attached hydrogens (tertiary/aromatic N) is 2. The smallest absolute Gasteiger partial charge is 0.259 e. The number of thioether (sulfide) groups is 1. The molecule has 1 aliphatic carbocycles. The van der Waals surface area contributed by atoms with Crippen LogP contribution in [-0.4, -0.2) is 59.1 Å². The lowest BCUT2D eigenvalue weighted by atomic mass is 9.97. The normalized spacial score (nSPS) is 22.5. The molecule has 156 valence electrons. The number of likely N-dealkylation sites (tertiary alicyclic amines) is 1. The third kappa shape index (κ3) is 3.97. The fourth-order valence-corrected chi connectivity index (χ4v) is 6.62. The van der Waals surface area contributed by atoms with E-state index in [1.54, 1.807) is 11.3 Å². The first-order valence-corrected chi connectivity index (χ1v) is 12.3. The van der Waals surface area contributed by atoms with Crippen LogP contribution in [0.25, 0.3) is 10.2 Å². The van der Waals surface area contributed by atoms with Crippen molar-refractivity contribution in [3.05, 3.63) is 26.6 Å². The fourth-order valence-electron chi connectivity index (χ4n) is 4.55. The lowest BCUT2D eigenvalue weighted by Crippen LogP contribution is -2.44. The highest BCUT2D eigenvalue weighted by Crippen LogP contribution is 2.34. The van der Waals surface area contributed by atoms with Crippen molar-refractivity contribution in [1.82, 2.24) is 14.9 Å². The van der Waals surface area contributed by atoms with Crippen molar-refractivity contribution in [2.24, 2.45) is 5.92 Å². The van der Waals surface area contributed by atoms with Crippen molar-refractivity contribution in [2.45, 2.75) is 44.1 Å². The van der Waals surface area contributed by atoms with Gasteiger partial charge in [-0.2, -0.15) is 0 Å². The lowest BCUT2D eigenvalue weighted by molar-refractivity contribution is -0.136. The van der Waals surface area contributed by atoms with Crippen LogP contribution in [-0.2, 0) is 32.9 Å². The van der Waals surface area contributed by atoms with Gasteiger partial charge in [0.15, 0.2) is 6.29 Å². The molecule has 5 rings (SSSR count). The molecular formula is C20H25N3O4S2.